The van der Waals surface area contributed by atoms with Crippen molar-refractivity contribution in [3.05, 3.63) is 12.2 Å². The molecule has 33 heavy (non-hydrogen) atoms. The van der Waals surface area contributed by atoms with Gasteiger partial charge in [-0.05, 0) is 122 Å². The van der Waals surface area contributed by atoms with Crippen LogP contribution < -0.4 is 0 Å². The maximum Gasteiger partial charge on any atom is 0.302 e. The predicted molar refractivity (Wildman–Crippen MR) is 138 cm³/mol. The van der Waals surface area contributed by atoms with Crippen molar-refractivity contribution in [3.8, 4) is 0 Å². The van der Waals surface area contributed by atoms with E-state index in [0.29, 0.717) is 16.7 Å². The first kappa shape index (κ1) is 25.3. The summed E-state index contributed by atoms with van der Waals surface area (Å²) in [5.41, 5.74) is 0.999. The molecule has 6 unspecified atom stereocenters. The third kappa shape index (κ3) is 4.58. The van der Waals surface area contributed by atoms with Gasteiger partial charge in [0, 0.05) is 6.92 Å². The molecule has 4 aliphatic carbocycles. The topological polar surface area (TPSA) is 26.3 Å². The van der Waals surface area contributed by atoms with Crippen molar-refractivity contribution in [2.24, 2.45) is 58.2 Å². The summed E-state index contributed by atoms with van der Waals surface area (Å²) >= 11 is 0. The van der Waals surface area contributed by atoms with Gasteiger partial charge in [0.05, 0.1) is 0 Å². The Balaban J connectivity index is 1.46. The molecule has 0 heterocycles. The quantitative estimate of drug-likeness (QED) is 0.296. The van der Waals surface area contributed by atoms with Gasteiger partial charge in [-0.3, -0.25) is 4.79 Å². The molecule has 0 spiro atoms. The minimum atomic E-state index is -0.0930. The zero-order valence-corrected chi connectivity index (χ0v) is 22.7. The fourth-order valence-electron chi connectivity index (χ4n) is 9.75. The van der Waals surface area contributed by atoms with Crippen LogP contribution in [0.4, 0.5) is 0 Å². The van der Waals surface area contributed by atoms with Gasteiger partial charge in [-0.15, -0.1) is 0 Å². The summed E-state index contributed by atoms with van der Waals surface area (Å²) in [7, 11) is 0. The van der Waals surface area contributed by atoms with Crippen LogP contribution >= 0.6 is 0 Å². The van der Waals surface area contributed by atoms with Crippen LogP contribution in [-0.4, -0.2) is 12.1 Å². The third-order valence-corrected chi connectivity index (χ3v) is 11.6. The summed E-state index contributed by atoms with van der Waals surface area (Å²) in [5.74, 6) is 6.43. The number of hydrogen-bond acceptors (Lipinski definition) is 2. The second kappa shape index (κ2) is 9.69. The Morgan fingerprint density at radius 1 is 0.939 bits per heavy atom. The molecular weight excluding hydrogens is 404 g/mol. The van der Waals surface area contributed by atoms with E-state index in [1.54, 1.807) is 6.92 Å². The van der Waals surface area contributed by atoms with Crippen molar-refractivity contribution < 1.29 is 9.53 Å². The second-order valence-corrected chi connectivity index (χ2v) is 13.5. The molecule has 4 fully saturated rings. The Kier molecular flexibility index (Phi) is 7.43. The van der Waals surface area contributed by atoms with Crippen LogP contribution in [-0.2, 0) is 9.53 Å². The largest absolute Gasteiger partial charge is 0.463 e. The van der Waals surface area contributed by atoms with Crippen LogP contribution in [0.5, 0.6) is 0 Å². The van der Waals surface area contributed by atoms with Crippen LogP contribution in [0, 0.1) is 58.2 Å². The van der Waals surface area contributed by atoms with Crippen molar-refractivity contribution in [3.63, 3.8) is 0 Å². The van der Waals surface area contributed by atoms with Gasteiger partial charge in [0.25, 0.3) is 0 Å². The standard InChI is InChI=1S/C31H52O2/c1-8-23(20(2)3)10-9-21(4)27-13-14-28-26-12-11-24-19-25(33-22(5)32)15-17-30(24,6)29(26)16-18-31(27,28)7/h9-10,20-21,23-29H,8,11-19H2,1-7H3/b10-9+/t21-,23?,24?,25-,26?,27?,28?,29?,30-,31+/m0/s1. The highest BCUT2D eigenvalue weighted by molar-refractivity contribution is 5.66. The molecule has 4 rings (SSSR count). The lowest BCUT2D eigenvalue weighted by Crippen LogP contribution is -2.54. The van der Waals surface area contributed by atoms with Gasteiger partial charge in [0.2, 0.25) is 0 Å². The highest BCUT2D eigenvalue weighted by Crippen LogP contribution is 2.68. The molecular formula is C31H52O2. The van der Waals surface area contributed by atoms with Crippen LogP contribution in [0.1, 0.15) is 113 Å². The number of allylic oxidation sites excluding steroid dienone is 2. The first-order valence-corrected chi connectivity index (χ1v) is 14.5. The molecule has 0 bridgehead atoms. The van der Waals surface area contributed by atoms with E-state index >= 15 is 0 Å². The van der Waals surface area contributed by atoms with E-state index in [4.69, 9.17) is 4.74 Å². The lowest BCUT2D eigenvalue weighted by Gasteiger charge is -2.61. The van der Waals surface area contributed by atoms with Gasteiger partial charge in [-0.2, -0.15) is 0 Å². The van der Waals surface area contributed by atoms with E-state index in [0.717, 1.165) is 54.3 Å². The minimum Gasteiger partial charge on any atom is -0.463 e. The number of ether oxygens (including phenoxy) is 1. The van der Waals surface area contributed by atoms with E-state index in [2.05, 4.69) is 53.7 Å². The molecule has 0 aromatic carbocycles. The molecule has 2 nitrogen and oxygen atoms in total. The maximum absolute atomic E-state index is 11.5. The molecule has 0 aliphatic heterocycles. The zero-order chi connectivity index (χ0) is 24.0. The smallest absolute Gasteiger partial charge is 0.302 e. The van der Waals surface area contributed by atoms with Gasteiger partial charge in [0.15, 0.2) is 0 Å². The number of carbonyl (C=O) groups is 1. The van der Waals surface area contributed by atoms with E-state index in [9.17, 15) is 4.79 Å². The van der Waals surface area contributed by atoms with Crippen LogP contribution in [0.3, 0.4) is 0 Å². The Bertz CT molecular complexity index is 724. The third-order valence-electron chi connectivity index (χ3n) is 11.6. The fourth-order valence-corrected chi connectivity index (χ4v) is 9.75. The number of carbonyl (C=O) groups excluding carboxylic acids is 1. The lowest BCUT2D eigenvalue weighted by molar-refractivity contribution is -0.160. The maximum atomic E-state index is 11.5. The average Bonchev–Trinajstić information content (AvgIpc) is 3.11. The Morgan fingerprint density at radius 3 is 2.30 bits per heavy atom. The monoisotopic (exact) mass is 456 g/mol. The summed E-state index contributed by atoms with van der Waals surface area (Å²) < 4.78 is 5.66. The Hall–Kier alpha value is -0.790. The molecule has 0 amide bonds. The van der Waals surface area contributed by atoms with Crippen LogP contribution in [0.15, 0.2) is 12.2 Å². The molecule has 0 N–H and O–H groups in total. The number of hydrogen-bond donors (Lipinski definition) is 0. The molecule has 4 aliphatic rings. The summed E-state index contributed by atoms with van der Waals surface area (Å²) in [6.45, 7) is 16.5. The second-order valence-electron chi connectivity index (χ2n) is 13.5. The summed E-state index contributed by atoms with van der Waals surface area (Å²) in [4.78, 5) is 11.5. The number of esters is 1. The first-order valence-electron chi connectivity index (χ1n) is 14.5. The van der Waals surface area contributed by atoms with Crippen LogP contribution in [0.2, 0.25) is 0 Å². The van der Waals surface area contributed by atoms with Crippen LogP contribution in [0.25, 0.3) is 0 Å². The minimum absolute atomic E-state index is 0.0930. The molecule has 2 heteroatoms. The first-order chi connectivity index (χ1) is 15.6. The highest BCUT2D eigenvalue weighted by Gasteiger charge is 2.60. The molecule has 0 saturated heterocycles. The van der Waals surface area contributed by atoms with Crippen molar-refractivity contribution in [2.75, 3.05) is 0 Å². The van der Waals surface area contributed by atoms with Crippen molar-refractivity contribution in [2.45, 2.75) is 119 Å². The van der Waals surface area contributed by atoms with Gasteiger partial charge < -0.3 is 4.74 Å². The Labute approximate surface area is 204 Å². The van der Waals surface area contributed by atoms with Gasteiger partial charge in [-0.1, -0.05) is 53.7 Å². The van der Waals surface area contributed by atoms with Crippen molar-refractivity contribution in [1.29, 1.82) is 0 Å². The normalized spacial score (nSPS) is 44.7. The highest BCUT2D eigenvalue weighted by atomic mass is 16.5. The SMILES string of the molecule is CCC(/C=C/[C@H](C)C1CCC2C3CCC4C[C@@H](OC(C)=O)CC[C@]4(C)C3CC[C@@]21C)C(C)C. The van der Waals surface area contributed by atoms with Gasteiger partial charge in [-0.25, -0.2) is 0 Å². The van der Waals surface area contributed by atoms with Crippen molar-refractivity contribution >= 4 is 5.97 Å². The molecule has 10 atom stereocenters. The van der Waals surface area contributed by atoms with E-state index in [1.165, 1.54) is 51.4 Å². The molecule has 0 aromatic rings. The molecule has 4 saturated carbocycles. The van der Waals surface area contributed by atoms with E-state index in [-0.39, 0.29) is 12.1 Å². The van der Waals surface area contributed by atoms with E-state index in [1.807, 2.05) is 0 Å². The summed E-state index contributed by atoms with van der Waals surface area (Å²) in [6.07, 6.45) is 18.6. The summed E-state index contributed by atoms with van der Waals surface area (Å²) in [5, 5.41) is 0. The summed E-state index contributed by atoms with van der Waals surface area (Å²) in [6, 6.07) is 0. The Morgan fingerprint density at radius 2 is 1.64 bits per heavy atom. The zero-order valence-electron chi connectivity index (χ0n) is 22.7. The predicted octanol–water partition coefficient (Wildman–Crippen LogP) is 8.45. The molecule has 0 radical (unpaired) electrons. The fraction of sp³-hybridized carbons (Fsp3) is 0.903. The lowest BCUT2D eigenvalue weighted by atomic mass is 9.44. The molecule has 188 valence electrons. The van der Waals surface area contributed by atoms with E-state index < -0.39 is 0 Å². The van der Waals surface area contributed by atoms with Gasteiger partial charge >= 0.3 is 5.97 Å². The number of rotatable bonds is 6. The average molecular weight is 457 g/mol. The van der Waals surface area contributed by atoms with Crippen molar-refractivity contribution in [1.82, 2.24) is 0 Å². The number of fused-ring (bicyclic) bond motifs is 5. The van der Waals surface area contributed by atoms with Gasteiger partial charge in [0.1, 0.15) is 6.10 Å². The molecule has 0 aromatic heterocycles.